The summed E-state index contributed by atoms with van der Waals surface area (Å²) >= 11 is 0. The molecule has 6 nitrogen and oxygen atoms in total. The average molecular weight is 314 g/mol. The molecule has 0 aromatic heterocycles. The molecule has 128 valence electrons. The number of carbonyl (C=O) groups is 2. The van der Waals surface area contributed by atoms with E-state index in [-0.39, 0.29) is 12.1 Å². The van der Waals surface area contributed by atoms with Crippen molar-refractivity contribution in [1.29, 1.82) is 0 Å². The molecule has 3 unspecified atom stereocenters. The molecule has 0 bridgehead atoms. The van der Waals surface area contributed by atoms with E-state index in [1.807, 2.05) is 27.7 Å². The highest BCUT2D eigenvalue weighted by atomic mass is 16.6. The SMILES string of the molecule is CC(NC(=O)O)C1CCCC(CCNC(=O)OC(C)(C)C)C1. The largest absolute Gasteiger partial charge is 0.465 e. The summed E-state index contributed by atoms with van der Waals surface area (Å²) in [6.45, 7) is 8.06. The minimum atomic E-state index is -0.957. The molecule has 0 aromatic carbocycles. The first-order valence-electron chi connectivity index (χ1n) is 8.13. The van der Waals surface area contributed by atoms with Crippen LogP contribution >= 0.6 is 0 Å². The van der Waals surface area contributed by atoms with E-state index in [0.29, 0.717) is 18.4 Å². The van der Waals surface area contributed by atoms with Crippen LogP contribution in [-0.4, -0.2) is 35.5 Å². The zero-order valence-electron chi connectivity index (χ0n) is 14.1. The Bertz CT molecular complexity index is 379. The van der Waals surface area contributed by atoms with Crippen LogP contribution in [0.4, 0.5) is 9.59 Å². The second-order valence-corrected chi connectivity index (χ2v) is 7.25. The third kappa shape index (κ3) is 7.52. The van der Waals surface area contributed by atoms with Crippen molar-refractivity contribution in [2.75, 3.05) is 6.54 Å². The lowest BCUT2D eigenvalue weighted by Crippen LogP contribution is -2.39. The van der Waals surface area contributed by atoms with Gasteiger partial charge in [0.15, 0.2) is 0 Å². The highest BCUT2D eigenvalue weighted by Crippen LogP contribution is 2.32. The Morgan fingerprint density at radius 3 is 2.59 bits per heavy atom. The van der Waals surface area contributed by atoms with Gasteiger partial charge in [-0.15, -0.1) is 0 Å². The maximum atomic E-state index is 11.6. The lowest BCUT2D eigenvalue weighted by Gasteiger charge is -2.33. The molecule has 2 amide bonds. The summed E-state index contributed by atoms with van der Waals surface area (Å²) in [4.78, 5) is 22.3. The maximum absolute atomic E-state index is 11.6. The predicted molar refractivity (Wildman–Crippen MR) is 84.9 cm³/mol. The van der Waals surface area contributed by atoms with Gasteiger partial charge in [-0.3, -0.25) is 0 Å². The number of amides is 2. The molecule has 1 aliphatic carbocycles. The summed E-state index contributed by atoms with van der Waals surface area (Å²) in [6.07, 6.45) is 3.92. The van der Waals surface area contributed by atoms with Crippen LogP contribution in [0, 0.1) is 11.8 Å². The fourth-order valence-corrected chi connectivity index (χ4v) is 3.05. The quantitative estimate of drug-likeness (QED) is 0.726. The van der Waals surface area contributed by atoms with E-state index in [9.17, 15) is 9.59 Å². The Kier molecular flexibility index (Phi) is 6.97. The average Bonchev–Trinajstić information content (AvgIpc) is 2.36. The molecular weight excluding hydrogens is 284 g/mol. The van der Waals surface area contributed by atoms with Gasteiger partial charge in [0.25, 0.3) is 0 Å². The van der Waals surface area contributed by atoms with Crippen molar-refractivity contribution in [3.05, 3.63) is 0 Å². The maximum Gasteiger partial charge on any atom is 0.407 e. The molecular formula is C16H30N2O4. The van der Waals surface area contributed by atoms with Gasteiger partial charge in [-0.25, -0.2) is 9.59 Å². The fraction of sp³-hybridized carbons (Fsp3) is 0.875. The number of carboxylic acid groups (broad SMARTS) is 1. The third-order valence-electron chi connectivity index (χ3n) is 4.10. The van der Waals surface area contributed by atoms with Crippen LogP contribution in [0.25, 0.3) is 0 Å². The van der Waals surface area contributed by atoms with Crippen molar-refractivity contribution in [1.82, 2.24) is 10.6 Å². The van der Waals surface area contributed by atoms with Gasteiger partial charge in [-0.05, 0) is 58.8 Å². The van der Waals surface area contributed by atoms with Gasteiger partial charge in [0.2, 0.25) is 0 Å². The predicted octanol–water partition coefficient (Wildman–Crippen LogP) is 3.36. The Morgan fingerprint density at radius 2 is 2.00 bits per heavy atom. The van der Waals surface area contributed by atoms with E-state index in [1.165, 1.54) is 0 Å². The van der Waals surface area contributed by atoms with Gasteiger partial charge < -0.3 is 20.5 Å². The van der Waals surface area contributed by atoms with Crippen molar-refractivity contribution in [2.24, 2.45) is 11.8 Å². The van der Waals surface area contributed by atoms with Crippen LogP contribution in [0.3, 0.4) is 0 Å². The van der Waals surface area contributed by atoms with E-state index >= 15 is 0 Å². The van der Waals surface area contributed by atoms with Gasteiger partial charge in [0, 0.05) is 12.6 Å². The summed E-state index contributed by atoms with van der Waals surface area (Å²) in [5.74, 6) is 0.920. The van der Waals surface area contributed by atoms with Crippen molar-refractivity contribution >= 4 is 12.2 Å². The van der Waals surface area contributed by atoms with Crippen molar-refractivity contribution in [2.45, 2.75) is 71.4 Å². The summed E-state index contributed by atoms with van der Waals surface area (Å²) in [6, 6.07) is -0.0147. The summed E-state index contributed by atoms with van der Waals surface area (Å²) in [5.41, 5.74) is -0.474. The van der Waals surface area contributed by atoms with Gasteiger partial charge in [-0.1, -0.05) is 12.8 Å². The number of nitrogens with one attached hydrogen (secondary N) is 2. The zero-order valence-corrected chi connectivity index (χ0v) is 14.1. The Balaban J connectivity index is 2.28. The van der Waals surface area contributed by atoms with E-state index in [4.69, 9.17) is 9.84 Å². The first-order valence-corrected chi connectivity index (χ1v) is 8.13. The summed E-state index contributed by atoms with van der Waals surface area (Å²) < 4.78 is 5.20. The van der Waals surface area contributed by atoms with E-state index in [0.717, 1.165) is 32.1 Å². The topological polar surface area (TPSA) is 87.7 Å². The van der Waals surface area contributed by atoms with Crippen LogP contribution in [0.2, 0.25) is 0 Å². The monoisotopic (exact) mass is 314 g/mol. The first kappa shape index (κ1) is 18.6. The molecule has 1 fully saturated rings. The molecule has 0 aliphatic heterocycles. The molecule has 1 aliphatic rings. The van der Waals surface area contributed by atoms with Crippen LogP contribution < -0.4 is 10.6 Å². The van der Waals surface area contributed by atoms with E-state index in [1.54, 1.807) is 0 Å². The number of ether oxygens (including phenoxy) is 1. The van der Waals surface area contributed by atoms with E-state index in [2.05, 4.69) is 10.6 Å². The number of carbonyl (C=O) groups excluding carboxylic acids is 1. The third-order valence-corrected chi connectivity index (χ3v) is 4.10. The molecule has 0 saturated heterocycles. The Labute approximate surface area is 133 Å². The van der Waals surface area contributed by atoms with Crippen LogP contribution in [0.1, 0.15) is 59.8 Å². The van der Waals surface area contributed by atoms with Crippen LogP contribution in [0.5, 0.6) is 0 Å². The zero-order chi connectivity index (χ0) is 16.8. The molecule has 0 heterocycles. The summed E-state index contributed by atoms with van der Waals surface area (Å²) in [5, 5.41) is 14.2. The van der Waals surface area contributed by atoms with Crippen molar-refractivity contribution in [3.63, 3.8) is 0 Å². The van der Waals surface area contributed by atoms with Crippen LogP contribution in [-0.2, 0) is 4.74 Å². The molecule has 6 heteroatoms. The number of rotatable bonds is 5. The van der Waals surface area contributed by atoms with Gasteiger partial charge >= 0.3 is 12.2 Å². The standard InChI is InChI=1S/C16H30N2O4/c1-11(18-14(19)20)13-7-5-6-12(10-13)8-9-17-15(21)22-16(2,3)4/h11-13,18H,5-10H2,1-4H3,(H,17,21)(H,19,20). The Hall–Kier alpha value is -1.46. The second-order valence-electron chi connectivity index (χ2n) is 7.25. The van der Waals surface area contributed by atoms with E-state index < -0.39 is 11.7 Å². The van der Waals surface area contributed by atoms with Gasteiger partial charge in [-0.2, -0.15) is 0 Å². The molecule has 0 spiro atoms. The minimum Gasteiger partial charge on any atom is -0.465 e. The lowest BCUT2D eigenvalue weighted by molar-refractivity contribution is 0.0522. The van der Waals surface area contributed by atoms with Crippen LogP contribution in [0.15, 0.2) is 0 Å². The van der Waals surface area contributed by atoms with Crippen molar-refractivity contribution < 1.29 is 19.4 Å². The number of alkyl carbamates (subject to hydrolysis) is 1. The first-order chi connectivity index (χ1) is 10.2. The van der Waals surface area contributed by atoms with Gasteiger partial charge in [0.05, 0.1) is 0 Å². The molecule has 0 radical (unpaired) electrons. The molecule has 3 atom stereocenters. The molecule has 3 N–H and O–H groups in total. The fourth-order valence-electron chi connectivity index (χ4n) is 3.05. The lowest BCUT2D eigenvalue weighted by atomic mass is 9.77. The number of hydrogen-bond acceptors (Lipinski definition) is 3. The van der Waals surface area contributed by atoms with Crippen molar-refractivity contribution in [3.8, 4) is 0 Å². The number of hydrogen-bond donors (Lipinski definition) is 3. The highest BCUT2D eigenvalue weighted by molar-refractivity contribution is 5.67. The normalized spacial score (nSPS) is 23.5. The Morgan fingerprint density at radius 1 is 1.32 bits per heavy atom. The molecule has 1 saturated carbocycles. The second kappa shape index (κ2) is 8.25. The highest BCUT2D eigenvalue weighted by Gasteiger charge is 2.27. The molecule has 22 heavy (non-hydrogen) atoms. The minimum absolute atomic E-state index is 0.0147. The molecule has 0 aromatic rings. The molecule has 1 rings (SSSR count). The smallest absolute Gasteiger partial charge is 0.407 e. The van der Waals surface area contributed by atoms with Gasteiger partial charge in [0.1, 0.15) is 5.60 Å². The summed E-state index contributed by atoms with van der Waals surface area (Å²) in [7, 11) is 0.